The second-order valence-electron chi connectivity index (χ2n) is 6.17. The number of aromatic nitrogens is 4. The summed E-state index contributed by atoms with van der Waals surface area (Å²) in [7, 11) is 0. The number of aryl methyl sites for hydroxylation is 2. The molecule has 0 radical (unpaired) electrons. The van der Waals surface area contributed by atoms with Crippen molar-refractivity contribution in [1.29, 1.82) is 0 Å². The van der Waals surface area contributed by atoms with Gasteiger partial charge in [0.1, 0.15) is 5.69 Å². The number of hydrogen-bond donors (Lipinski definition) is 1. The Balaban J connectivity index is 1.53. The molecule has 1 aromatic carbocycles. The van der Waals surface area contributed by atoms with Gasteiger partial charge in [-0.3, -0.25) is 9.59 Å². The number of carbonyl (C=O) groups is 1. The largest absolute Gasteiger partial charge is 0.351 e. The monoisotopic (exact) mass is 353 g/mol. The van der Waals surface area contributed by atoms with Crippen LogP contribution in [-0.4, -0.2) is 31.8 Å². The Labute approximate surface area is 151 Å². The summed E-state index contributed by atoms with van der Waals surface area (Å²) in [6, 6.07) is 10.8. The molecule has 2 aromatic heterocycles. The lowest BCUT2D eigenvalue weighted by Crippen LogP contribution is -2.30. The van der Waals surface area contributed by atoms with Gasteiger partial charge < -0.3 is 9.88 Å². The van der Waals surface area contributed by atoms with E-state index in [-0.39, 0.29) is 17.2 Å². The highest BCUT2D eigenvalue weighted by molar-refractivity contribution is 5.91. The topological polar surface area (TPSA) is 81.8 Å². The number of hydrogen-bond acceptors (Lipinski definition) is 4. The van der Waals surface area contributed by atoms with E-state index in [1.54, 1.807) is 0 Å². The summed E-state index contributed by atoms with van der Waals surface area (Å²) in [5.41, 5.74) is 2.15. The number of para-hydroxylation sites is 2. The van der Waals surface area contributed by atoms with Crippen LogP contribution in [-0.2, 0) is 13.1 Å². The standard InChI is InChI=1S/C19H23N5O2/c1-2-3-13-24-18(25)10-9-16(22-24)19(26)20-11-6-12-23-14-21-15-7-4-5-8-17(15)23/h4-5,7-10,14H,2-3,6,11-13H2,1H3,(H,20,26). The normalized spacial score (nSPS) is 11.0. The zero-order valence-corrected chi connectivity index (χ0v) is 14.9. The van der Waals surface area contributed by atoms with E-state index in [1.165, 1.54) is 16.8 Å². The highest BCUT2D eigenvalue weighted by Gasteiger charge is 2.09. The molecule has 1 N–H and O–H groups in total. The molecule has 1 amide bonds. The molecule has 0 aliphatic carbocycles. The number of nitrogens with one attached hydrogen (secondary N) is 1. The summed E-state index contributed by atoms with van der Waals surface area (Å²) in [6.07, 6.45) is 4.42. The first-order valence-electron chi connectivity index (χ1n) is 8.95. The maximum absolute atomic E-state index is 12.2. The van der Waals surface area contributed by atoms with Gasteiger partial charge in [0.2, 0.25) is 0 Å². The van der Waals surface area contributed by atoms with Gasteiger partial charge in [0, 0.05) is 25.7 Å². The van der Waals surface area contributed by atoms with Crippen LogP contribution in [0.1, 0.15) is 36.7 Å². The third-order valence-electron chi connectivity index (χ3n) is 4.21. The predicted molar refractivity (Wildman–Crippen MR) is 100 cm³/mol. The third-order valence-corrected chi connectivity index (χ3v) is 4.21. The van der Waals surface area contributed by atoms with Gasteiger partial charge in [-0.15, -0.1) is 0 Å². The number of rotatable bonds is 8. The molecular formula is C19H23N5O2. The zero-order valence-electron chi connectivity index (χ0n) is 14.9. The van der Waals surface area contributed by atoms with Crippen LogP contribution < -0.4 is 10.9 Å². The summed E-state index contributed by atoms with van der Waals surface area (Å²) < 4.78 is 3.43. The number of imidazole rings is 1. The van der Waals surface area contributed by atoms with E-state index in [9.17, 15) is 9.59 Å². The molecule has 0 saturated heterocycles. The molecule has 0 aliphatic rings. The molecule has 0 saturated carbocycles. The molecule has 7 heteroatoms. The number of unbranched alkanes of at least 4 members (excludes halogenated alkanes) is 1. The van der Waals surface area contributed by atoms with E-state index in [0.717, 1.165) is 36.8 Å². The van der Waals surface area contributed by atoms with Gasteiger partial charge in [-0.05, 0) is 31.0 Å². The molecule has 2 heterocycles. The van der Waals surface area contributed by atoms with Gasteiger partial charge in [0.15, 0.2) is 0 Å². The van der Waals surface area contributed by atoms with Crippen LogP contribution in [0.5, 0.6) is 0 Å². The van der Waals surface area contributed by atoms with Crippen molar-refractivity contribution >= 4 is 16.9 Å². The number of fused-ring (bicyclic) bond motifs is 1. The Morgan fingerprint density at radius 3 is 2.81 bits per heavy atom. The fourth-order valence-electron chi connectivity index (χ4n) is 2.77. The molecule has 0 aliphatic heterocycles. The average Bonchev–Trinajstić information content (AvgIpc) is 3.07. The number of benzene rings is 1. The predicted octanol–water partition coefficient (Wildman–Crippen LogP) is 2.21. The van der Waals surface area contributed by atoms with Gasteiger partial charge in [-0.1, -0.05) is 25.5 Å². The smallest absolute Gasteiger partial charge is 0.271 e. The van der Waals surface area contributed by atoms with Gasteiger partial charge in [0.05, 0.1) is 17.4 Å². The van der Waals surface area contributed by atoms with E-state index in [4.69, 9.17) is 0 Å². The van der Waals surface area contributed by atoms with E-state index in [2.05, 4.69) is 20.0 Å². The number of amides is 1. The van der Waals surface area contributed by atoms with Crippen molar-refractivity contribution < 1.29 is 4.79 Å². The lowest BCUT2D eigenvalue weighted by molar-refractivity contribution is 0.0945. The van der Waals surface area contributed by atoms with E-state index in [0.29, 0.717) is 13.1 Å². The average molecular weight is 353 g/mol. The van der Waals surface area contributed by atoms with Gasteiger partial charge in [-0.25, -0.2) is 9.67 Å². The minimum Gasteiger partial charge on any atom is -0.351 e. The zero-order chi connectivity index (χ0) is 18.4. The molecule has 0 unspecified atom stereocenters. The molecule has 0 fully saturated rings. The first kappa shape index (κ1) is 17.8. The lowest BCUT2D eigenvalue weighted by Gasteiger charge is -2.08. The Hall–Kier alpha value is -2.96. The van der Waals surface area contributed by atoms with Crippen LogP contribution in [0.3, 0.4) is 0 Å². The molecule has 26 heavy (non-hydrogen) atoms. The van der Waals surface area contributed by atoms with Gasteiger partial charge in [0.25, 0.3) is 11.5 Å². The quantitative estimate of drug-likeness (QED) is 0.630. The number of carbonyl (C=O) groups excluding carboxylic acids is 1. The molecule has 7 nitrogen and oxygen atoms in total. The van der Waals surface area contributed by atoms with Crippen molar-refractivity contribution in [1.82, 2.24) is 24.6 Å². The van der Waals surface area contributed by atoms with Crippen molar-refractivity contribution in [2.45, 2.75) is 39.3 Å². The highest BCUT2D eigenvalue weighted by atomic mass is 16.2. The molecule has 3 aromatic rings. The minimum absolute atomic E-state index is 0.179. The van der Waals surface area contributed by atoms with Crippen LogP contribution in [0, 0.1) is 0 Å². The van der Waals surface area contributed by atoms with Crippen LogP contribution in [0.25, 0.3) is 11.0 Å². The van der Waals surface area contributed by atoms with Crippen molar-refractivity contribution in [3.8, 4) is 0 Å². The van der Waals surface area contributed by atoms with Crippen molar-refractivity contribution in [3.63, 3.8) is 0 Å². The SMILES string of the molecule is CCCCn1nc(C(=O)NCCCn2cnc3ccccc32)ccc1=O. The Kier molecular flexibility index (Phi) is 5.78. The summed E-state index contributed by atoms with van der Waals surface area (Å²) in [4.78, 5) is 28.4. The van der Waals surface area contributed by atoms with Crippen LogP contribution in [0.2, 0.25) is 0 Å². The fourth-order valence-corrected chi connectivity index (χ4v) is 2.77. The fraction of sp³-hybridized carbons (Fsp3) is 0.368. The molecule has 136 valence electrons. The molecule has 0 spiro atoms. The molecule has 0 bridgehead atoms. The Morgan fingerprint density at radius 2 is 1.96 bits per heavy atom. The van der Waals surface area contributed by atoms with Gasteiger partial charge in [-0.2, -0.15) is 5.10 Å². The summed E-state index contributed by atoms with van der Waals surface area (Å²) in [5.74, 6) is -0.259. The minimum atomic E-state index is -0.259. The number of nitrogens with zero attached hydrogens (tertiary/aromatic N) is 4. The van der Waals surface area contributed by atoms with E-state index < -0.39 is 0 Å². The molecule has 0 atom stereocenters. The second-order valence-corrected chi connectivity index (χ2v) is 6.17. The molecular weight excluding hydrogens is 330 g/mol. The summed E-state index contributed by atoms with van der Waals surface area (Å²) in [5, 5.41) is 7.02. The first-order chi connectivity index (χ1) is 12.7. The summed E-state index contributed by atoms with van der Waals surface area (Å²) >= 11 is 0. The lowest BCUT2D eigenvalue weighted by atomic mass is 10.3. The van der Waals surface area contributed by atoms with Crippen LogP contribution in [0.15, 0.2) is 47.5 Å². The highest BCUT2D eigenvalue weighted by Crippen LogP contribution is 2.11. The maximum Gasteiger partial charge on any atom is 0.271 e. The van der Waals surface area contributed by atoms with Crippen molar-refractivity contribution in [3.05, 3.63) is 58.8 Å². The maximum atomic E-state index is 12.2. The molecule has 3 rings (SSSR count). The summed E-state index contributed by atoms with van der Waals surface area (Å²) in [6.45, 7) is 3.88. The van der Waals surface area contributed by atoms with Gasteiger partial charge >= 0.3 is 0 Å². The second kappa shape index (κ2) is 8.42. The van der Waals surface area contributed by atoms with Crippen molar-refractivity contribution in [2.24, 2.45) is 0 Å². The first-order valence-corrected chi connectivity index (χ1v) is 8.95. The van der Waals surface area contributed by atoms with E-state index >= 15 is 0 Å². The van der Waals surface area contributed by atoms with Crippen molar-refractivity contribution in [2.75, 3.05) is 6.54 Å². The van der Waals surface area contributed by atoms with Crippen LogP contribution >= 0.6 is 0 Å². The third kappa shape index (κ3) is 4.17. The Morgan fingerprint density at radius 1 is 1.12 bits per heavy atom. The Bertz CT molecular complexity index is 944. The van der Waals surface area contributed by atoms with Crippen LogP contribution in [0.4, 0.5) is 0 Å². The van der Waals surface area contributed by atoms with E-state index in [1.807, 2.05) is 37.5 Å².